The Hall–Kier alpha value is -1.95. The fourth-order valence-electron chi connectivity index (χ4n) is 4.79. The number of ether oxygens (including phenoxy) is 1. The van der Waals surface area contributed by atoms with Gasteiger partial charge in [0.1, 0.15) is 0 Å². The second-order valence-electron chi connectivity index (χ2n) is 7.66. The molecule has 2 aromatic heterocycles. The van der Waals surface area contributed by atoms with Crippen LogP contribution in [0, 0.1) is 31.6 Å². The minimum Gasteiger partial charge on any atom is -0.457 e. The molecule has 0 aromatic carbocycles. The van der Waals surface area contributed by atoms with Crippen LogP contribution in [-0.4, -0.2) is 27.9 Å². The summed E-state index contributed by atoms with van der Waals surface area (Å²) < 4.78 is 7.28. The summed E-state index contributed by atoms with van der Waals surface area (Å²) in [4.78, 5) is 29.0. The maximum atomic E-state index is 12.6. The summed E-state index contributed by atoms with van der Waals surface area (Å²) >= 11 is 1.53. The molecule has 2 heterocycles. The Bertz CT molecular complexity index is 824. The molecule has 2 aromatic rings. The number of carbonyl (C=O) groups is 2. The zero-order valence-electron chi connectivity index (χ0n) is 15.2. The van der Waals surface area contributed by atoms with Gasteiger partial charge >= 0.3 is 5.97 Å². The van der Waals surface area contributed by atoms with Crippen LogP contribution in [0.15, 0.2) is 17.6 Å². The lowest BCUT2D eigenvalue weighted by Crippen LogP contribution is -2.20. The van der Waals surface area contributed by atoms with E-state index < -0.39 is 0 Å². The van der Waals surface area contributed by atoms with Crippen molar-refractivity contribution in [1.29, 1.82) is 0 Å². The number of ketones is 1. The number of aromatic nitrogens is 2. The van der Waals surface area contributed by atoms with E-state index >= 15 is 0 Å². The van der Waals surface area contributed by atoms with Gasteiger partial charge in [-0.25, -0.2) is 4.98 Å². The van der Waals surface area contributed by atoms with Crippen LogP contribution in [0.5, 0.6) is 0 Å². The number of carbonyl (C=O) groups excluding carboxylic acids is 2. The molecule has 4 rings (SSSR count). The van der Waals surface area contributed by atoms with Crippen LogP contribution in [0.3, 0.4) is 0 Å². The van der Waals surface area contributed by atoms with Crippen LogP contribution >= 0.6 is 11.3 Å². The van der Waals surface area contributed by atoms with Crippen LogP contribution in [0.4, 0.5) is 0 Å². The van der Waals surface area contributed by atoms with E-state index in [9.17, 15) is 9.59 Å². The van der Waals surface area contributed by atoms with Gasteiger partial charge in [-0.2, -0.15) is 0 Å². The predicted octanol–water partition coefficient (Wildman–Crippen LogP) is 4.10. The van der Waals surface area contributed by atoms with Crippen LogP contribution < -0.4 is 0 Å². The fourth-order valence-corrected chi connectivity index (χ4v) is 5.54. The monoisotopic (exact) mass is 372 g/mol. The van der Waals surface area contributed by atoms with Gasteiger partial charge < -0.3 is 4.74 Å². The van der Waals surface area contributed by atoms with Gasteiger partial charge in [0.25, 0.3) is 0 Å². The molecule has 0 N–H and O–H groups in total. The summed E-state index contributed by atoms with van der Waals surface area (Å²) in [7, 11) is 0. The first-order valence-electron chi connectivity index (χ1n) is 9.30. The molecular formula is C20H24N2O3S. The molecule has 2 saturated carbocycles. The molecule has 2 bridgehead atoms. The van der Waals surface area contributed by atoms with Crippen molar-refractivity contribution in [3.05, 3.63) is 34.6 Å². The molecule has 3 atom stereocenters. The van der Waals surface area contributed by atoms with E-state index in [-0.39, 0.29) is 18.4 Å². The van der Waals surface area contributed by atoms with Gasteiger partial charge in [0, 0.05) is 34.9 Å². The first-order valence-corrected chi connectivity index (χ1v) is 10.2. The van der Waals surface area contributed by atoms with Crippen molar-refractivity contribution in [2.45, 2.75) is 46.0 Å². The van der Waals surface area contributed by atoms with E-state index in [1.54, 1.807) is 6.20 Å². The highest BCUT2D eigenvalue weighted by molar-refractivity contribution is 7.12. The smallest absolute Gasteiger partial charge is 0.306 e. The lowest BCUT2D eigenvalue weighted by molar-refractivity contribution is -0.144. The maximum absolute atomic E-state index is 12.6. The molecule has 138 valence electrons. The van der Waals surface area contributed by atoms with Crippen molar-refractivity contribution >= 4 is 23.1 Å². The van der Waals surface area contributed by atoms with Crippen LogP contribution in [-0.2, 0) is 9.53 Å². The third-order valence-corrected chi connectivity index (χ3v) is 6.78. The number of aryl methyl sites for hydroxylation is 1. The summed E-state index contributed by atoms with van der Waals surface area (Å²) in [6.45, 7) is 3.67. The van der Waals surface area contributed by atoms with Crippen LogP contribution in [0.1, 0.15) is 53.8 Å². The number of thiazole rings is 1. The van der Waals surface area contributed by atoms with Crippen molar-refractivity contribution < 1.29 is 14.3 Å². The fraction of sp³-hybridized carbons (Fsp3) is 0.550. The Morgan fingerprint density at radius 1 is 1.31 bits per heavy atom. The van der Waals surface area contributed by atoms with Crippen molar-refractivity contribution in [1.82, 2.24) is 9.55 Å². The van der Waals surface area contributed by atoms with Gasteiger partial charge in [-0.15, -0.1) is 11.3 Å². The zero-order chi connectivity index (χ0) is 18.3. The van der Waals surface area contributed by atoms with E-state index in [4.69, 9.17) is 4.74 Å². The lowest BCUT2D eigenvalue weighted by atomic mass is 9.86. The number of esters is 1. The maximum Gasteiger partial charge on any atom is 0.306 e. The van der Waals surface area contributed by atoms with E-state index in [1.165, 1.54) is 30.6 Å². The number of fused-ring (bicyclic) bond motifs is 2. The number of rotatable bonds is 6. The Balaban J connectivity index is 1.36. The highest BCUT2D eigenvalue weighted by Crippen LogP contribution is 2.49. The van der Waals surface area contributed by atoms with Gasteiger partial charge in [0.05, 0.1) is 0 Å². The minimum absolute atomic E-state index is 0.151. The second kappa shape index (κ2) is 6.99. The van der Waals surface area contributed by atoms with Gasteiger partial charge in [-0.05, 0) is 56.9 Å². The average Bonchev–Trinajstić information content (AvgIpc) is 3.37. The van der Waals surface area contributed by atoms with E-state index in [2.05, 4.69) is 4.98 Å². The normalized spacial score (nSPS) is 24.2. The predicted molar refractivity (Wildman–Crippen MR) is 99.8 cm³/mol. The number of Topliss-reactive ketones (excluding diaryl/α,β-unsaturated/α-hetero) is 1. The van der Waals surface area contributed by atoms with Crippen molar-refractivity contribution in [3.8, 4) is 5.13 Å². The number of hydrogen-bond donors (Lipinski definition) is 0. The summed E-state index contributed by atoms with van der Waals surface area (Å²) in [5.74, 6) is 1.59. The molecule has 0 aliphatic heterocycles. The van der Waals surface area contributed by atoms with Crippen molar-refractivity contribution in [2.75, 3.05) is 6.61 Å². The standard InChI is InChI=1S/C20H24N2O3S/c1-12-7-17(13(2)22(12)20-21-5-6-26-20)18(23)11-25-19(24)10-16-9-14-3-4-15(16)8-14/h5-7,14-16H,3-4,8-11H2,1-2H3/t14-,15-,16+/m1/s1. The summed E-state index contributed by atoms with van der Waals surface area (Å²) in [6, 6.07) is 1.85. The highest BCUT2D eigenvalue weighted by atomic mass is 32.1. The molecule has 0 saturated heterocycles. The molecule has 26 heavy (non-hydrogen) atoms. The van der Waals surface area contributed by atoms with Crippen LogP contribution in [0.25, 0.3) is 5.13 Å². The van der Waals surface area contributed by atoms with Gasteiger partial charge in [0.2, 0.25) is 5.78 Å². The molecule has 2 aliphatic rings. The summed E-state index contributed by atoms with van der Waals surface area (Å²) in [6.07, 6.45) is 7.22. The molecule has 2 aliphatic carbocycles. The Morgan fingerprint density at radius 3 is 2.81 bits per heavy atom. The van der Waals surface area contributed by atoms with Crippen LogP contribution in [0.2, 0.25) is 0 Å². The number of hydrogen-bond acceptors (Lipinski definition) is 5. The van der Waals surface area contributed by atoms with Gasteiger partial charge in [0.15, 0.2) is 11.7 Å². The summed E-state index contributed by atoms with van der Waals surface area (Å²) in [5, 5.41) is 2.75. The van der Waals surface area contributed by atoms with E-state index in [0.29, 0.717) is 23.8 Å². The Kier molecular flexibility index (Phi) is 4.69. The van der Waals surface area contributed by atoms with Gasteiger partial charge in [-0.3, -0.25) is 14.2 Å². The third kappa shape index (κ3) is 3.22. The molecule has 0 spiro atoms. The molecule has 2 fully saturated rings. The van der Waals surface area contributed by atoms with Crippen molar-refractivity contribution in [3.63, 3.8) is 0 Å². The average molecular weight is 372 g/mol. The highest BCUT2D eigenvalue weighted by Gasteiger charge is 2.40. The Labute approximate surface area is 157 Å². The topological polar surface area (TPSA) is 61.2 Å². The van der Waals surface area contributed by atoms with E-state index in [1.807, 2.05) is 29.9 Å². The van der Waals surface area contributed by atoms with E-state index in [0.717, 1.165) is 28.9 Å². The second-order valence-corrected chi connectivity index (χ2v) is 8.53. The molecule has 0 unspecified atom stereocenters. The third-order valence-electron chi connectivity index (χ3n) is 6.02. The molecule has 0 amide bonds. The molecule has 6 heteroatoms. The molecule has 0 radical (unpaired) electrons. The first-order chi connectivity index (χ1) is 12.5. The SMILES string of the molecule is Cc1cc(C(=O)COC(=O)C[C@@H]2C[C@@H]3CC[C@@H]2C3)c(C)n1-c1nccs1. The number of nitrogens with zero attached hydrogens (tertiary/aromatic N) is 2. The first kappa shape index (κ1) is 17.5. The quantitative estimate of drug-likeness (QED) is 0.566. The molecule has 5 nitrogen and oxygen atoms in total. The minimum atomic E-state index is -0.232. The molecular weight excluding hydrogens is 348 g/mol. The zero-order valence-corrected chi connectivity index (χ0v) is 16.1. The Morgan fingerprint density at radius 2 is 2.15 bits per heavy atom. The van der Waals surface area contributed by atoms with Gasteiger partial charge in [-0.1, -0.05) is 6.42 Å². The largest absolute Gasteiger partial charge is 0.457 e. The van der Waals surface area contributed by atoms with Crippen molar-refractivity contribution in [2.24, 2.45) is 17.8 Å². The summed E-state index contributed by atoms with van der Waals surface area (Å²) in [5.41, 5.74) is 2.39. The lowest BCUT2D eigenvalue weighted by Gasteiger charge is -2.20.